The number of H-pyrrole nitrogens is 1. The molecule has 4 N–H and O–H groups in total. The lowest BCUT2D eigenvalue weighted by atomic mass is 9.92. The van der Waals surface area contributed by atoms with E-state index in [4.69, 9.17) is 5.73 Å². The van der Waals surface area contributed by atoms with E-state index in [2.05, 4.69) is 29.2 Å². The summed E-state index contributed by atoms with van der Waals surface area (Å²) in [4.78, 5) is 15.6. The van der Waals surface area contributed by atoms with E-state index in [1.54, 1.807) is 6.07 Å². The van der Waals surface area contributed by atoms with Gasteiger partial charge in [-0.2, -0.15) is 0 Å². The topological polar surface area (TPSA) is 79.1 Å². The average molecular weight is 399 g/mol. The van der Waals surface area contributed by atoms with Gasteiger partial charge >= 0.3 is 5.97 Å². The van der Waals surface area contributed by atoms with Crippen molar-refractivity contribution >= 4 is 16.9 Å². The molecular formula is C26H26N2O2. The molecule has 0 saturated carbocycles. The van der Waals surface area contributed by atoms with Gasteiger partial charge in [0.25, 0.3) is 0 Å². The molecule has 0 fully saturated rings. The minimum absolute atomic E-state index is 0.345. The van der Waals surface area contributed by atoms with Gasteiger partial charge in [-0.05, 0) is 61.1 Å². The number of unbranched alkanes of at least 4 members (excludes halogenated alkanes) is 1. The summed E-state index contributed by atoms with van der Waals surface area (Å²) in [5, 5.41) is 10.7. The number of carboxylic acids is 1. The molecule has 0 unspecified atom stereocenters. The first-order chi connectivity index (χ1) is 14.6. The first kappa shape index (κ1) is 19.9. The van der Waals surface area contributed by atoms with Gasteiger partial charge in [0.1, 0.15) is 0 Å². The minimum atomic E-state index is -0.901. The monoisotopic (exact) mass is 398 g/mol. The summed E-state index contributed by atoms with van der Waals surface area (Å²) in [5.41, 5.74) is 13.4. The summed E-state index contributed by atoms with van der Waals surface area (Å²) in [6.45, 7) is 2.64. The average Bonchev–Trinajstić information content (AvgIpc) is 3.15. The second-order valence-electron chi connectivity index (χ2n) is 7.62. The number of carboxylic acid groups (broad SMARTS) is 1. The van der Waals surface area contributed by atoms with Crippen LogP contribution in [0.1, 0.15) is 34.3 Å². The number of hydrogen-bond donors (Lipinski definition) is 3. The number of aryl methyl sites for hydroxylation is 2. The van der Waals surface area contributed by atoms with Crippen molar-refractivity contribution in [3.8, 4) is 22.4 Å². The molecule has 0 bridgehead atoms. The summed E-state index contributed by atoms with van der Waals surface area (Å²) in [7, 11) is 0. The Bertz CT molecular complexity index is 1190. The zero-order chi connectivity index (χ0) is 21.1. The zero-order valence-corrected chi connectivity index (χ0v) is 17.1. The maximum absolute atomic E-state index is 12.0. The molecule has 0 amide bonds. The fraction of sp³-hybridized carbons (Fsp3) is 0.192. The van der Waals surface area contributed by atoms with Crippen molar-refractivity contribution < 1.29 is 9.90 Å². The fourth-order valence-electron chi connectivity index (χ4n) is 4.18. The predicted octanol–water partition coefficient (Wildman–Crippen LogP) is 5.79. The van der Waals surface area contributed by atoms with Crippen LogP contribution in [0, 0.1) is 6.92 Å². The number of nitrogens with one attached hydrogen (secondary N) is 1. The third-order valence-electron chi connectivity index (χ3n) is 5.66. The number of aromatic carboxylic acids is 1. The van der Waals surface area contributed by atoms with Gasteiger partial charge in [-0.25, -0.2) is 4.79 Å². The zero-order valence-electron chi connectivity index (χ0n) is 17.1. The van der Waals surface area contributed by atoms with E-state index in [1.807, 2.05) is 43.3 Å². The Morgan fingerprint density at radius 1 is 0.933 bits per heavy atom. The van der Waals surface area contributed by atoms with Gasteiger partial charge in [0.15, 0.2) is 0 Å². The molecule has 1 heterocycles. The molecular weight excluding hydrogens is 372 g/mol. The van der Waals surface area contributed by atoms with Crippen LogP contribution >= 0.6 is 0 Å². The van der Waals surface area contributed by atoms with Crippen LogP contribution in [0.3, 0.4) is 0 Å². The van der Waals surface area contributed by atoms with Crippen LogP contribution in [-0.4, -0.2) is 22.6 Å². The largest absolute Gasteiger partial charge is 0.478 e. The highest BCUT2D eigenvalue weighted by Crippen LogP contribution is 2.39. The van der Waals surface area contributed by atoms with Gasteiger partial charge in [0.05, 0.1) is 11.3 Å². The Morgan fingerprint density at radius 3 is 2.33 bits per heavy atom. The van der Waals surface area contributed by atoms with Gasteiger partial charge in [-0.1, -0.05) is 60.7 Å². The third-order valence-corrected chi connectivity index (χ3v) is 5.66. The van der Waals surface area contributed by atoms with Gasteiger partial charge in [-0.15, -0.1) is 0 Å². The van der Waals surface area contributed by atoms with Crippen LogP contribution in [0.25, 0.3) is 33.3 Å². The van der Waals surface area contributed by atoms with E-state index >= 15 is 0 Å². The van der Waals surface area contributed by atoms with Crippen molar-refractivity contribution in [1.82, 2.24) is 4.98 Å². The molecule has 1 aromatic heterocycles. The second-order valence-corrected chi connectivity index (χ2v) is 7.62. The molecule has 0 saturated heterocycles. The number of hydrogen-bond acceptors (Lipinski definition) is 2. The Balaban J connectivity index is 2.00. The Hall–Kier alpha value is -3.37. The molecule has 4 rings (SSSR count). The van der Waals surface area contributed by atoms with Crippen LogP contribution in [0.2, 0.25) is 0 Å². The highest BCUT2D eigenvalue weighted by atomic mass is 16.4. The number of benzene rings is 3. The number of fused-ring (bicyclic) bond motifs is 1. The standard InChI is InChI=1S/C26H26N2O2/c1-17-14-15-22(26(29)30)23-21(13-7-8-16-27)25(28-24(17)23)20-12-6-5-11-19(20)18-9-3-2-4-10-18/h2-6,9-12,14-15,28H,7-8,13,16,27H2,1H3,(H,29,30). The smallest absolute Gasteiger partial charge is 0.336 e. The van der Waals surface area contributed by atoms with Crippen LogP contribution < -0.4 is 5.73 Å². The van der Waals surface area contributed by atoms with Gasteiger partial charge in [-0.3, -0.25) is 0 Å². The van der Waals surface area contributed by atoms with Crippen molar-refractivity contribution in [1.29, 1.82) is 0 Å². The van der Waals surface area contributed by atoms with Crippen LogP contribution in [-0.2, 0) is 6.42 Å². The lowest BCUT2D eigenvalue weighted by Crippen LogP contribution is -2.01. The minimum Gasteiger partial charge on any atom is -0.478 e. The van der Waals surface area contributed by atoms with Crippen molar-refractivity contribution in [2.75, 3.05) is 6.54 Å². The molecule has 0 radical (unpaired) electrons. The molecule has 0 spiro atoms. The van der Waals surface area contributed by atoms with E-state index < -0.39 is 5.97 Å². The Morgan fingerprint density at radius 2 is 1.63 bits per heavy atom. The van der Waals surface area contributed by atoms with Crippen molar-refractivity contribution in [3.63, 3.8) is 0 Å². The Labute approximate surface area is 176 Å². The maximum atomic E-state index is 12.0. The normalized spacial score (nSPS) is 11.1. The summed E-state index contributed by atoms with van der Waals surface area (Å²) in [5.74, 6) is -0.901. The van der Waals surface area contributed by atoms with Crippen LogP contribution in [0.4, 0.5) is 0 Å². The summed E-state index contributed by atoms with van der Waals surface area (Å²) < 4.78 is 0. The number of aromatic nitrogens is 1. The number of aromatic amines is 1. The SMILES string of the molecule is Cc1ccc(C(=O)O)c2c(CCCCN)c(-c3ccccc3-c3ccccc3)[nH]c12. The molecule has 3 aromatic carbocycles. The third kappa shape index (κ3) is 3.62. The first-order valence-corrected chi connectivity index (χ1v) is 10.3. The van der Waals surface area contributed by atoms with Gasteiger partial charge in [0, 0.05) is 16.5 Å². The van der Waals surface area contributed by atoms with Crippen LogP contribution in [0.15, 0.2) is 66.7 Å². The molecule has 4 nitrogen and oxygen atoms in total. The number of rotatable bonds is 7. The van der Waals surface area contributed by atoms with Gasteiger partial charge < -0.3 is 15.8 Å². The van der Waals surface area contributed by atoms with E-state index in [9.17, 15) is 9.90 Å². The van der Waals surface area contributed by atoms with Crippen molar-refractivity contribution in [3.05, 3.63) is 83.4 Å². The van der Waals surface area contributed by atoms with Crippen LogP contribution in [0.5, 0.6) is 0 Å². The molecule has 0 atom stereocenters. The van der Waals surface area contributed by atoms with Gasteiger partial charge in [0.2, 0.25) is 0 Å². The number of carbonyl (C=O) groups is 1. The molecule has 152 valence electrons. The van der Waals surface area contributed by atoms with Crippen molar-refractivity contribution in [2.24, 2.45) is 5.73 Å². The predicted molar refractivity (Wildman–Crippen MR) is 123 cm³/mol. The fourth-order valence-corrected chi connectivity index (χ4v) is 4.18. The quantitative estimate of drug-likeness (QED) is 0.345. The highest BCUT2D eigenvalue weighted by Gasteiger charge is 2.21. The molecule has 4 heteroatoms. The highest BCUT2D eigenvalue weighted by molar-refractivity contribution is 6.08. The molecule has 0 aliphatic rings. The van der Waals surface area contributed by atoms with Crippen molar-refractivity contribution in [2.45, 2.75) is 26.2 Å². The Kier molecular flexibility index (Phi) is 5.68. The molecule has 30 heavy (non-hydrogen) atoms. The first-order valence-electron chi connectivity index (χ1n) is 10.3. The summed E-state index contributed by atoms with van der Waals surface area (Å²) in [6, 6.07) is 22.2. The molecule has 0 aliphatic heterocycles. The van der Waals surface area contributed by atoms with E-state index in [0.717, 1.165) is 63.7 Å². The number of nitrogens with two attached hydrogens (primary N) is 1. The second kappa shape index (κ2) is 8.56. The summed E-state index contributed by atoms with van der Waals surface area (Å²) in [6.07, 6.45) is 2.59. The lowest BCUT2D eigenvalue weighted by molar-refractivity contribution is 0.0699. The van der Waals surface area contributed by atoms with E-state index in [1.165, 1.54) is 0 Å². The van der Waals surface area contributed by atoms with E-state index in [0.29, 0.717) is 12.1 Å². The molecule has 0 aliphatic carbocycles. The summed E-state index contributed by atoms with van der Waals surface area (Å²) >= 11 is 0. The van der Waals surface area contributed by atoms with E-state index in [-0.39, 0.29) is 0 Å². The molecule has 4 aromatic rings. The lowest BCUT2D eigenvalue weighted by Gasteiger charge is -2.12. The maximum Gasteiger partial charge on any atom is 0.336 e.